The molecule has 0 aliphatic heterocycles. The molecular formula is C11H10ClN3O3. The maximum absolute atomic E-state index is 11.4. The number of nitrogens with one attached hydrogen (secondary N) is 1. The van der Waals surface area contributed by atoms with Gasteiger partial charge < -0.3 is 14.5 Å². The second-order valence-electron chi connectivity index (χ2n) is 3.31. The van der Waals surface area contributed by atoms with Gasteiger partial charge in [0, 0.05) is 0 Å². The first kappa shape index (κ1) is 12.4. The minimum Gasteiger partial charge on any atom is -0.467 e. The van der Waals surface area contributed by atoms with E-state index in [1.165, 1.54) is 13.3 Å². The van der Waals surface area contributed by atoms with Crippen LogP contribution in [-0.4, -0.2) is 23.0 Å². The van der Waals surface area contributed by atoms with Crippen molar-refractivity contribution in [2.45, 2.75) is 6.54 Å². The minimum absolute atomic E-state index is 0.0242. The van der Waals surface area contributed by atoms with Crippen LogP contribution in [0.5, 0.6) is 0 Å². The molecule has 0 spiro atoms. The third-order valence-electron chi connectivity index (χ3n) is 2.12. The molecule has 7 heteroatoms. The van der Waals surface area contributed by atoms with Crippen molar-refractivity contribution >= 4 is 23.5 Å². The van der Waals surface area contributed by atoms with Crippen LogP contribution < -0.4 is 5.32 Å². The van der Waals surface area contributed by atoms with Gasteiger partial charge in [-0.1, -0.05) is 11.6 Å². The number of methoxy groups -OCH3 is 1. The number of hydrogen-bond donors (Lipinski definition) is 1. The molecule has 0 amide bonds. The number of anilines is 1. The maximum Gasteiger partial charge on any atom is 0.358 e. The Bertz CT molecular complexity index is 542. The van der Waals surface area contributed by atoms with Gasteiger partial charge in [-0.3, -0.25) is 0 Å². The average molecular weight is 268 g/mol. The Kier molecular flexibility index (Phi) is 3.78. The fourth-order valence-corrected chi connectivity index (χ4v) is 1.44. The van der Waals surface area contributed by atoms with E-state index in [1.807, 2.05) is 6.07 Å². The molecule has 0 unspecified atom stereocenters. The Labute approximate surface area is 108 Å². The van der Waals surface area contributed by atoms with Gasteiger partial charge in [0.15, 0.2) is 5.69 Å². The zero-order valence-corrected chi connectivity index (χ0v) is 10.3. The number of halogens is 1. The maximum atomic E-state index is 11.4. The van der Waals surface area contributed by atoms with Gasteiger partial charge in [-0.05, 0) is 12.1 Å². The Morgan fingerprint density at radius 2 is 2.44 bits per heavy atom. The van der Waals surface area contributed by atoms with E-state index in [2.05, 4.69) is 20.0 Å². The fourth-order valence-electron chi connectivity index (χ4n) is 1.27. The molecule has 0 fully saturated rings. The highest BCUT2D eigenvalue weighted by Crippen LogP contribution is 2.15. The number of esters is 1. The Hall–Kier alpha value is -2.08. The first-order valence-corrected chi connectivity index (χ1v) is 5.45. The Morgan fingerprint density at radius 3 is 3.11 bits per heavy atom. The van der Waals surface area contributed by atoms with Crippen LogP contribution in [-0.2, 0) is 11.3 Å². The van der Waals surface area contributed by atoms with Crippen molar-refractivity contribution in [2.75, 3.05) is 12.4 Å². The number of carbonyl (C=O) groups is 1. The summed E-state index contributed by atoms with van der Waals surface area (Å²) in [6.07, 6.45) is 2.91. The van der Waals surface area contributed by atoms with E-state index in [9.17, 15) is 4.79 Å². The second-order valence-corrected chi connectivity index (χ2v) is 3.72. The van der Waals surface area contributed by atoms with E-state index in [-0.39, 0.29) is 16.7 Å². The Morgan fingerprint density at radius 1 is 1.61 bits per heavy atom. The van der Waals surface area contributed by atoms with Gasteiger partial charge in [0.25, 0.3) is 0 Å². The number of furan rings is 1. The lowest BCUT2D eigenvalue weighted by Crippen LogP contribution is -2.10. The predicted octanol–water partition coefficient (Wildman–Crippen LogP) is 2.12. The lowest BCUT2D eigenvalue weighted by Gasteiger charge is -2.05. The summed E-state index contributed by atoms with van der Waals surface area (Å²) >= 11 is 5.80. The van der Waals surface area contributed by atoms with Gasteiger partial charge in [0.2, 0.25) is 5.95 Å². The van der Waals surface area contributed by atoms with Crippen LogP contribution in [0.4, 0.5) is 5.95 Å². The topological polar surface area (TPSA) is 77.2 Å². The van der Waals surface area contributed by atoms with E-state index in [1.54, 1.807) is 12.3 Å². The SMILES string of the molecule is COC(=O)c1nc(NCc2ccco2)ncc1Cl. The quantitative estimate of drug-likeness (QED) is 0.855. The highest BCUT2D eigenvalue weighted by atomic mass is 35.5. The van der Waals surface area contributed by atoms with Crippen molar-refractivity contribution in [3.05, 3.63) is 41.1 Å². The zero-order chi connectivity index (χ0) is 13.0. The van der Waals surface area contributed by atoms with Crippen LogP contribution in [0.15, 0.2) is 29.0 Å². The molecule has 2 heterocycles. The van der Waals surface area contributed by atoms with Crippen LogP contribution in [0, 0.1) is 0 Å². The fraction of sp³-hybridized carbons (Fsp3) is 0.182. The summed E-state index contributed by atoms with van der Waals surface area (Å²) in [7, 11) is 1.26. The smallest absolute Gasteiger partial charge is 0.358 e. The number of carbonyl (C=O) groups excluding carboxylic acids is 1. The number of nitrogens with zero attached hydrogens (tertiary/aromatic N) is 2. The molecular weight excluding hydrogens is 258 g/mol. The van der Waals surface area contributed by atoms with Gasteiger partial charge in [-0.15, -0.1) is 0 Å². The zero-order valence-electron chi connectivity index (χ0n) is 9.51. The van der Waals surface area contributed by atoms with E-state index in [0.29, 0.717) is 6.54 Å². The van der Waals surface area contributed by atoms with E-state index < -0.39 is 5.97 Å². The highest BCUT2D eigenvalue weighted by molar-refractivity contribution is 6.33. The van der Waals surface area contributed by atoms with Crippen molar-refractivity contribution in [1.82, 2.24) is 9.97 Å². The molecule has 0 aliphatic rings. The van der Waals surface area contributed by atoms with Gasteiger partial charge >= 0.3 is 5.97 Å². The number of rotatable bonds is 4. The molecule has 2 aromatic heterocycles. The highest BCUT2D eigenvalue weighted by Gasteiger charge is 2.14. The van der Waals surface area contributed by atoms with Crippen LogP contribution in [0.3, 0.4) is 0 Å². The molecule has 94 valence electrons. The number of ether oxygens (including phenoxy) is 1. The minimum atomic E-state index is -0.608. The summed E-state index contributed by atoms with van der Waals surface area (Å²) in [5, 5.41) is 3.06. The van der Waals surface area contributed by atoms with Gasteiger partial charge in [0.05, 0.1) is 31.1 Å². The molecule has 0 bridgehead atoms. The van der Waals surface area contributed by atoms with Gasteiger partial charge in [0.1, 0.15) is 5.76 Å². The first-order chi connectivity index (χ1) is 8.70. The number of aromatic nitrogens is 2. The monoisotopic (exact) mass is 267 g/mol. The molecule has 0 radical (unpaired) electrons. The Balaban J connectivity index is 2.12. The van der Waals surface area contributed by atoms with E-state index in [4.69, 9.17) is 16.0 Å². The van der Waals surface area contributed by atoms with Crippen LogP contribution >= 0.6 is 11.6 Å². The van der Waals surface area contributed by atoms with Crippen LogP contribution in [0.2, 0.25) is 5.02 Å². The third-order valence-corrected chi connectivity index (χ3v) is 2.40. The summed E-state index contributed by atoms with van der Waals surface area (Å²) in [4.78, 5) is 19.3. The van der Waals surface area contributed by atoms with Gasteiger partial charge in [-0.2, -0.15) is 0 Å². The first-order valence-electron chi connectivity index (χ1n) is 5.08. The van der Waals surface area contributed by atoms with E-state index in [0.717, 1.165) is 5.76 Å². The summed E-state index contributed by atoms with van der Waals surface area (Å²) < 4.78 is 9.70. The molecule has 0 atom stereocenters. The summed E-state index contributed by atoms with van der Waals surface area (Å²) in [6, 6.07) is 3.59. The molecule has 0 aromatic carbocycles. The second kappa shape index (κ2) is 5.50. The summed E-state index contributed by atoms with van der Waals surface area (Å²) in [6.45, 7) is 0.412. The number of hydrogen-bond acceptors (Lipinski definition) is 6. The van der Waals surface area contributed by atoms with Crippen molar-refractivity contribution in [3.8, 4) is 0 Å². The molecule has 18 heavy (non-hydrogen) atoms. The third kappa shape index (κ3) is 2.78. The molecule has 6 nitrogen and oxygen atoms in total. The van der Waals surface area contributed by atoms with Crippen LogP contribution in [0.25, 0.3) is 0 Å². The predicted molar refractivity (Wildman–Crippen MR) is 64.4 cm³/mol. The van der Waals surface area contributed by atoms with Gasteiger partial charge in [-0.25, -0.2) is 14.8 Å². The largest absolute Gasteiger partial charge is 0.467 e. The summed E-state index contributed by atoms with van der Waals surface area (Å²) in [5.41, 5.74) is 0.0242. The standard InChI is InChI=1S/C11H10ClN3O3/c1-17-10(16)9-8(12)6-14-11(15-9)13-5-7-3-2-4-18-7/h2-4,6H,5H2,1H3,(H,13,14,15). The lowest BCUT2D eigenvalue weighted by molar-refractivity contribution is 0.0594. The molecule has 0 saturated heterocycles. The molecule has 0 saturated carbocycles. The molecule has 0 aliphatic carbocycles. The molecule has 2 rings (SSSR count). The molecule has 1 N–H and O–H groups in total. The van der Waals surface area contributed by atoms with Crippen LogP contribution in [0.1, 0.15) is 16.2 Å². The van der Waals surface area contributed by atoms with Crippen molar-refractivity contribution < 1.29 is 13.9 Å². The van der Waals surface area contributed by atoms with Crippen molar-refractivity contribution in [2.24, 2.45) is 0 Å². The molecule has 2 aromatic rings. The lowest BCUT2D eigenvalue weighted by atomic mass is 10.4. The summed E-state index contributed by atoms with van der Waals surface area (Å²) in [5.74, 6) is 0.396. The normalized spacial score (nSPS) is 10.1. The van der Waals surface area contributed by atoms with Crippen molar-refractivity contribution in [3.63, 3.8) is 0 Å². The van der Waals surface area contributed by atoms with E-state index >= 15 is 0 Å². The van der Waals surface area contributed by atoms with Crippen molar-refractivity contribution in [1.29, 1.82) is 0 Å². The average Bonchev–Trinajstić information content (AvgIpc) is 2.90.